The van der Waals surface area contributed by atoms with Gasteiger partial charge in [-0.15, -0.1) is 5.10 Å². The van der Waals surface area contributed by atoms with E-state index in [4.69, 9.17) is 4.74 Å². The summed E-state index contributed by atoms with van der Waals surface area (Å²) < 4.78 is 20.0. The molecule has 1 atom stereocenters. The monoisotopic (exact) mass is 328 g/mol. The number of carbonyl (C=O) groups excluding carboxylic acids is 1. The zero-order valence-electron chi connectivity index (χ0n) is 13.4. The number of nitrogens with zero attached hydrogens (tertiary/aromatic N) is 3. The number of hydrogen-bond donors (Lipinski definition) is 1. The first-order chi connectivity index (χ1) is 11.5. The number of hydrogen-bond acceptors (Lipinski definition) is 4. The van der Waals surface area contributed by atoms with E-state index in [1.165, 1.54) is 12.1 Å². The largest absolute Gasteiger partial charge is 0.491 e. The maximum Gasteiger partial charge on any atom is 0.251 e. The summed E-state index contributed by atoms with van der Waals surface area (Å²) in [6.07, 6.45) is 0. The molecule has 0 aliphatic carbocycles. The molecule has 0 spiro atoms. The lowest BCUT2D eigenvalue weighted by Crippen LogP contribution is -2.36. The number of carbonyl (C=O) groups is 1. The van der Waals surface area contributed by atoms with Gasteiger partial charge in [0.15, 0.2) is 0 Å². The molecule has 124 valence electrons. The molecule has 3 rings (SSSR count). The van der Waals surface area contributed by atoms with Crippen LogP contribution in [0.4, 0.5) is 4.39 Å². The zero-order chi connectivity index (χ0) is 17.1. The summed E-state index contributed by atoms with van der Waals surface area (Å²) in [7, 11) is 1.77. The Balaban J connectivity index is 1.60. The fourth-order valence-corrected chi connectivity index (χ4v) is 2.27. The van der Waals surface area contributed by atoms with E-state index in [-0.39, 0.29) is 24.4 Å². The molecule has 7 heteroatoms. The van der Waals surface area contributed by atoms with Crippen LogP contribution in [0.15, 0.2) is 42.5 Å². The Hall–Kier alpha value is -2.96. The van der Waals surface area contributed by atoms with E-state index >= 15 is 0 Å². The van der Waals surface area contributed by atoms with Crippen LogP contribution in [0.5, 0.6) is 5.75 Å². The van der Waals surface area contributed by atoms with Gasteiger partial charge in [0.2, 0.25) is 0 Å². The molecule has 1 heterocycles. The van der Waals surface area contributed by atoms with Crippen LogP contribution >= 0.6 is 0 Å². The molecule has 0 fully saturated rings. The number of halogens is 1. The summed E-state index contributed by atoms with van der Waals surface area (Å²) in [5.74, 6) is 0.0388. The average Bonchev–Trinajstić information content (AvgIpc) is 2.95. The van der Waals surface area contributed by atoms with Crippen molar-refractivity contribution in [3.05, 3.63) is 53.8 Å². The number of fused-ring (bicyclic) bond motifs is 1. The molecular weight excluding hydrogens is 311 g/mol. The number of aromatic nitrogens is 3. The van der Waals surface area contributed by atoms with Gasteiger partial charge in [-0.2, -0.15) is 0 Å². The summed E-state index contributed by atoms with van der Waals surface area (Å²) in [6, 6.07) is 10.8. The van der Waals surface area contributed by atoms with Crippen LogP contribution in [0.25, 0.3) is 11.0 Å². The smallest absolute Gasteiger partial charge is 0.251 e. The molecular formula is C17H17FN4O2. The molecule has 2 aromatic carbocycles. The minimum Gasteiger partial charge on any atom is -0.491 e. The molecule has 0 aliphatic rings. The summed E-state index contributed by atoms with van der Waals surface area (Å²) in [6.45, 7) is 2.12. The lowest BCUT2D eigenvalue weighted by Gasteiger charge is -2.15. The van der Waals surface area contributed by atoms with Crippen LogP contribution in [-0.2, 0) is 7.05 Å². The van der Waals surface area contributed by atoms with Gasteiger partial charge in [-0.1, -0.05) is 5.21 Å². The molecule has 1 N–H and O–H groups in total. The molecule has 24 heavy (non-hydrogen) atoms. The summed E-state index contributed by atoms with van der Waals surface area (Å²) in [4.78, 5) is 12.3. The Morgan fingerprint density at radius 1 is 1.29 bits per heavy atom. The van der Waals surface area contributed by atoms with Crippen LogP contribution in [0, 0.1) is 5.82 Å². The molecule has 0 saturated carbocycles. The third-order valence-corrected chi connectivity index (χ3v) is 3.56. The molecule has 0 bridgehead atoms. The highest BCUT2D eigenvalue weighted by atomic mass is 19.1. The number of amides is 1. The van der Waals surface area contributed by atoms with Crippen molar-refractivity contribution >= 4 is 16.9 Å². The first-order valence-electron chi connectivity index (χ1n) is 7.51. The summed E-state index contributed by atoms with van der Waals surface area (Å²) in [5, 5.41) is 10.8. The van der Waals surface area contributed by atoms with Gasteiger partial charge in [0, 0.05) is 12.6 Å². The van der Waals surface area contributed by atoms with Gasteiger partial charge in [0.05, 0.1) is 11.6 Å². The van der Waals surface area contributed by atoms with E-state index in [0.29, 0.717) is 11.3 Å². The van der Waals surface area contributed by atoms with Crippen molar-refractivity contribution < 1.29 is 13.9 Å². The molecule has 0 radical (unpaired) electrons. The van der Waals surface area contributed by atoms with E-state index in [9.17, 15) is 9.18 Å². The molecule has 1 aromatic heterocycles. The van der Waals surface area contributed by atoms with Crippen LogP contribution in [-0.4, -0.2) is 33.5 Å². The SMILES string of the molecule is C[C@H](COc1ccc(F)cc1)NC(=O)c1ccc2nnn(C)c2c1. The van der Waals surface area contributed by atoms with Gasteiger partial charge in [0.25, 0.3) is 5.91 Å². The Morgan fingerprint density at radius 3 is 2.79 bits per heavy atom. The van der Waals surface area contributed by atoms with E-state index in [0.717, 1.165) is 11.0 Å². The first-order valence-corrected chi connectivity index (χ1v) is 7.51. The lowest BCUT2D eigenvalue weighted by atomic mass is 10.1. The van der Waals surface area contributed by atoms with Crippen molar-refractivity contribution in [2.24, 2.45) is 7.05 Å². The normalized spacial score (nSPS) is 12.1. The number of aryl methyl sites for hydroxylation is 1. The number of rotatable bonds is 5. The highest BCUT2D eigenvalue weighted by Crippen LogP contribution is 2.13. The van der Waals surface area contributed by atoms with Crippen LogP contribution in [0.3, 0.4) is 0 Å². The van der Waals surface area contributed by atoms with E-state index in [1.54, 1.807) is 42.1 Å². The Kier molecular flexibility index (Phi) is 4.41. The topological polar surface area (TPSA) is 69.0 Å². The minimum atomic E-state index is -0.316. The van der Waals surface area contributed by atoms with E-state index in [2.05, 4.69) is 15.6 Å². The van der Waals surface area contributed by atoms with Gasteiger partial charge < -0.3 is 10.1 Å². The quantitative estimate of drug-likeness (QED) is 0.780. The highest BCUT2D eigenvalue weighted by molar-refractivity contribution is 5.97. The van der Waals surface area contributed by atoms with Gasteiger partial charge in [-0.25, -0.2) is 9.07 Å². The number of ether oxygens (including phenoxy) is 1. The van der Waals surface area contributed by atoms with Crippen LogP contribution < -0.4 is 10.1 Å². The second-order valence-corrected chi connectivity index (χ2v) is 5.56. The van der Waals surface area contributed by atoms with E-state index < -0.39 is 0 Å². The van der Waals surface area contributed by atoms with Crippen LogP contribution in [0.1, 0.15) is 17.3 Å². The molecule has 0 unspecified atom stereocenters. The second kappa shape index (κ2) is 6.66. The Bertz CT molecular complexity index is 861. The second-order valence-electron chi connectivity index (χ2n) is 5.56. The molecule has 0 saturated heterocycles. The number of nitrogens with one attached hydrogen (secondary N) is 1. The van der Waals surface area contributed by atoms with Crippen molar-refractivity contribution in [3.8, 4) is 5.75 Å². The third kappa shape index (κ3) is 3.51. The molecule has 0 aliphatic heterocycles. The van der Waals surface area contributed by atoms with Crippen molar-refractivity contribution in [3.63, 3.8) is 0 Å². The Labute approximate surface area is 138 Å². The fraction of sp³-hybridized carbons (Fsp3) is 0.235. The lowest BCUT2D eigenvalue weighted by molar-refractivity contribution is 0.0927. The predicted octanol–water partition coefficient (Wildman–Crippen LogP) is 2.30. The van der Waals surface area contributed by atoms with Gasteiger partial charge in [0.1, 0.15) is 23.7 Å². The van der Waals surface area contributed by atoms with Gasteiger partial charge in [-0.3, -0.25) is 4.79 Å². The highest BCUT2D eigenvalue weighted by Gasteiger charge is 2.12. The number of benzene rings is 2. The average molecular weight is 328 g/mol. The molecule has 3 aromatic rings. The first kappa shape index (κ1) is 15.9. The summed E-state index contributed by atoms with van der Waals surface area (Å²) in [5.41, 5.74) is 2.06. The molecule has 6 nitrogen and oxygen atoms in total. The molecule has 1 amide bonds. The predicted molar refractivity (Wildman–Crippen MR) is 87.3 cm³/mol. The van der Waals surface area contributed by atoms with Crippen molar-refractivity contribution in [1.29, 1.82) is 0 Å². The minimum absolute atomic E-state index is 0.201. The maximum absolute atomic E-state index is 12.8. The fourth-order valence-electron chi connectivity index (χ4n) is 2.27. The Morgan fingerprint density at radius 2 is 2.04 bits per heavy atom. The van der Waals surface area contributed by atoms with Crippen molar-refractivity contribution in [2.45, 2.75) is 13.0 Å². The van der Waals surface area contributed by atoms with Gasteiger partial charge >= 0.3 is 0 Å². The maximum atomic E-state index is 12.8. The van der Waals surface area contributed by atoms with Crippen molar-refractivity contribution in [2.75, 3.05) is 6.61 Å². The third-order valence-electron chi connectivity index (χ3n) is 3.56. The van der Waals surface area contributed by atoms with Crippen molar-refractivity contribution in [1.82, 2.24) is 20.3 Å². The van der Waals surface area contributed by atoms with Gasteiger partial charge in [-0.05, 0) is 49.4 Å². The zero-order valence-corrected chi connectivity index (χ0v) is 13.4. The van der Waals surface area contributed by atoms with E-state index in [1.807, 2.05) is 6.92 Å². The summed E-state index contributed by atoms with van der Waals surface area (Å²) >= 11 is 0. The van der Waals surface area contributed by atoms with Crippen LogP contribution in [0.2, 0.25) is 0 Å². The standard InChI is InChI=1S/C17H17FN4O2/c1-11(10-24-14-6-4-13(18)5-7-14)19-17(23)12-3-8-15-16(9-12)22(2)21-20-15/h3-9,11H,10H2,1-2H3,(H,19,23)/t11-/m1/s1.